The van der Waals surface area contributed by atoms with E-state index in [1.807, 2.05) is 30.3 Å². The van der Waals surface area contributed by atoms with E-state index in [0.717, 1.165) is 72.5 Å². The van der Waals surface area contributed by atoms with Gasteiger partial charge in [-0.05, 0) is 88.9 Å². The van der Waals surface area contributed by atoms with Crippen molar-refractivity contribution in [2.24, 2.45) is 0 Å². The number of sulfonamides is 2. The number of benzene rings is 3. The molecular formula is C39H51N7O5S2. The van der Waals surface area contributed by atoms with Gasteiger partial charge in [0.05, 0.1) is 52.1 Å². The molecule has 0 spiro atoms. The molecule has 2 aromatic heterocycles. The molecular weight excluding hydrogens is 711 g/mol. The molecule has 1 atom stereocenters. The second kappa shape index (κ2) is 15.5. The zero-order valence-electron chi connectivity index (χ0n) is 31.2. The van der Waals surface area contributed by atoms with Crippen molar-refractivity contribution < 1.29 is 21.6 Å². The first-order chi connectivity index (χ1) is 25.6. The van der Waals surface area contributed by atoms with E-state index in [1.54, 1.807) is 40.0 Å². The third-order valence-corrected chi connectivity index (χ3v) is 14.8. The van der Waals surface area contributed by atoms with Gasteiger partial charge in [0.15, 0.2) is 0 Å². The molecule has 5 aromatic rings. The highest BCUT2D eigenvalue weighted by Crippen LogP contribution is 2.33. The first-order valence-electron chi connectivity index (χ1n) is 18.9. The van der Waals surface area contributed by atoms with Crippen LogP contribution in [0.1, 0.15) is 82.6 Å². The summed E-state index contributed by atoms with van der Waals surface area (Å²) in [4.78, 5) is 13.0. The number of aromatic nitrogens is 4. The van der Waals surface area contributed by atoms with E-state index in [9.17, 15) is 16.8 Å². The third kappa shape index (κ3) is 7.23. The molecule has 284 valence electrons. The van der Waals surface area contributed by atoms with Gasteiger partial charge in [0, 0.05) is 50.9 Å². The normalized spacial score (nSPS) is 17.2. The lowest BCUT2D eigenvalue weighted by molar-refractivity contribution is 0.175. The van der Waals surface area contributed by atoms with E-state index < -0.39 is 20.0 Å². The fourth-order valence-electron chi connectivity index (χ4n) is 8.00. The van der Waals surface area contributed by atoms with Crippen LogP contribution in [0.5, 0.6) is 5.75 Å². The Labute approximate surface area is 313 Å². The number of piperidine rings is 2. The Kier molecular flexibility index (Phi) is 11.0. The van der Waals surface area contributed by atoms with Crippen LogP contribution in [0, 0.1) is 0 Å². The van der Waals surface area contributed by atoms with Gasteiger partial charge >= 0.3 is 0 Å². The number of hydrogen-bond acceptors (Lipinski definition) is 8. The Hall–Kier alpha value is -3.82. The van der Waals surface area contributed by atoms with Crippen LogP contribution in [0.4, 0.5) is 0 Å². The minimum Gasteiger partial charge on any atom is -0.496 e. The minimum absolute atomic E-state index is 0.133. The van der Waals surface area contributed by atoms with Gasteiger partial charge in [0.1, 0.15) is 17.4 Å². The summed E-state index contributed by atoms with van der Waals surface area (Å²) in [6.07, 6.45) is 5.61. The second-order valence-electron chi connectivity index (χ2n) is 14.1. The molecule has 0 N–H and O–H groups in total. The molecule has 3 aromatic carbocycles. The van der Waals surface area contributed by atoms with Crippen molar-refractivity contribution in [3.05, 3.63) is 77.9 Å². The predicted octanol–water partition coefficient (Wildman–Crippen LogP) is 6.55. The number of rotatable bonds is 13. The molecule has 2 aliphatic heterocycles. The maximum atomic E-state index is 13.6. The molecule has 7 rings (SSSR count). The van der Waals surface area contributed by atoms with E-state index in [2.05, 4.69) is 40.9 Å². The van der Waals surface area contributed by atoms with Gasteiger partial charge in [0.2, 0.25) is 20.0 Å². The Morgan fingerprint density at radius 1 is 0.679 bits per heavy atom. The first-order valence-corrected chi connectivity index (χ1v) is 21.8. The number of ether oxygens (including phenoxy) is 1. The van der Waals surface area contributed by atoms with Crippen LogP contribution in [0.3, 0.4) is 0 Å². The summed E-state index contributed by atoms with van der Waals surface area (Å²) in [6.45, 7) is 10.7. The van der Waals surface area contributed by atoms with Gasteiger partial charge in [-0.2, -0.15) is 8.61 Å². The number of hydrogen-bond donors (Lipinski definition) is 0. The zero-order valence-corrected chi connectivity index (χ0v) is 32.9. The molecule has 53 heavy (non-hydrogen) atoms. The summed E-state index contributed by atoms with van der Waals surface area (Å²) in [7, 11) is -5.56. The van der Waals surface area contributed by atoms with Crippen LogP contribution in [0.25, 0.3) is 22.1 Å². The van der Waals surface area contributed by atoms with Gasteiger partial charge in [-0.15, -0.1) is 0 Å². The zero-order chi connectivity index (χ0) is 37.3. The van der Waals surface area contributed by atoms with E-state index in [-0.39, 0.29) is 15.8 Å². The molecule has 4 heterocycles. The van der Waals surface area contributed by atoms with Gasteiger partial charge in [-0.1, -0.05) is 31.0 Å². The lowest BCUT2D eigenvalue weighted by Gasteiger charge is -2.30. The molecule has 0 saturated carbocycles. The Morgan fingerprint density at radius 3 is 1.57 bits per heavy atom. The average Bonchev–Trinajstić information content (AvgIpc) is 3.73. The largest absolute Gasteiger partial charge is 0.496 e. The smallest absolute Gasteiger partial charge is 0.243 e. The molecule has 2 aliphatic rings. The lowest BCUT2D eigenvalue weighted by Crippen LogP contribution is -2.35. The summed E-state index contributed by atoms with van der Waals surface area (Å²) in [5.74, 6) is 2.40. The van der Waals surface area contributed by atoms with Gasteiger partial charge in [-0.3, -0.25) is 4.90 Å². The second-order valence-corrected chi connectivity index (χ2v) is 18.0. The summed E-state index contributed by atoms with van der Waals surface area (Å²) >= 11 is 0. The predicted molar refractivity (Wildman–Crippen MR) is 207 cm³/mol. The van der Waals surface area contributed by atoms with Crippen LogP contribution in [0.2, 0.25) is 0 Å². The Bertz CT molecular complexity index is 2170. The standard InChI is InChI=1S/C39H51N7O5S2/c1-5-45-35-19-17-30(52(47,48)43-21-11-7-12-22-43)25-33(35)40-38(45)27-42(29(3)32-15-9-10-16-37(32)51-4)28-39-41-34-26-31(18-20-36(34)46(39)6-2)53(49,50)44-23-13-8-14-24-44/h9-10,15-20,25-26,29H,5-8,11-14,21-24,27-28H2,1-4H3. The van der Waals surface area contributed by atoms with Gasteiger partial charge in [0.25, 0.3) is 0 Å². The van der Waals surface area contributed by atoms with Crippen molar-refractivity contribution >= 4 is 42.1 Å². The summed E-state index contributed by atoms with van der Waals surface area (Å²) in [5.41, 5.74) is 4.07. The SMILES string of the molecule is CCn1c(CN(Cc2nc3cc(S(=O)(=O)N4CCCCC4)ccc3n2CC)C(C)c2ccccc2OC)nc2cc(S(=O)(=O)N3CCCCC3)ccc21. The van der Waals surface area contributed by atoms with E-state index >= 15 is 0 Å². The molecule has 0 radical (unpaired) electrons. The fourth-order valence-corrected chi connectivity index (χ4v) is 11.1. The molecule has 1 unspecified atom stereocenters. The number of aryl methyl sites for hydroxylation is 2. The summed E-state index contributed by atoms with van der Waals surface area (Å²) in [5, 5.41) is 0. The Morgan fingerprint density at radius 2 is 1.13 bits per heavy atom. The van der Waals surface area contributed by atoms with Crippen molar-refractivity contribution in [2.75, 3.05) is 33.3 Å². The topological polar surface area (TPSA) is 123 Å². The third-order valence-electron chi connectivity index (χ3n) is 11.0. The van der Waals surface area contributed by atoms with Crippen molar-refractivity contribution in [3.63, 3.8) is 0 Å². The van der Waals surface area contributed by atoms with Gasteiger partial charge in [-0.25, -0.2) is 26.8 Å². The maximum Gasteiger partial charge on any atom is 0.243 e. The number of imidazole rings is 2. The maximum absolute atomic E-state index is 13.6. The van der Waals surface area contributed by atoms with Crippen molar-refractivity contribution in [3.8, 4) is 5.75 Å². The molecule has 0 aliphatic carbocycles. The van der Waals surface area contributed by atoms with Crippen molar-refractivity contribution in [1.29, 1.82) is 0 Å². The molecule has 14 heteroatoms. The highest BCUT2D eigenvalue weighted by atomic mass is 32.2. The molecule has 2 fully saturated rings. The molecule has 0 amide bonds. The van der Waals surface area contributed by atoms with Crippen LogP contribution in [0.15, 0.2) is 70.5 Å². The Balaban J connectivity index is 1.27. The molecule has 2 saturated heterocycles. The van der Waals surface area contributed by atoms with E-state index in [0.29, 0.717) is 63.4 Å². The van der Waals surface area contributed by atoms with Crippen molar-refractivity contribution in [2.45, 2.75) is 101 Å². The summed E-state index contributed by atoms with van der Waals surface area (Å²) < 4.78 is 67.7. The van der Waals surface area contributed by atoms with Crippen LogP contribution >= 0.6 is 0 Å². The van der Waals surface area contributed by atoms with E-state index in [1.165, 1.54) is 0 Å². The highest BCUT2D eigenvalue weighted by molar-refractivity contribution is 7.89. The quantitative estimate of drug-likeness (QED) is 0.133. The van der Waals surface area contributed by atoms with E-state index in [4.69, 9.17) is 14.7 Å². The number of nitrogens with zero attached hydrogens (tertiary/aromatic N) is 7. The summed E-state index contributed by atoms with van der Waals surface area (Å²) in [6, 6.07) is 18.5. The number of fused-ring (bicyclic) bond motifs is 2. The first kappa shape index (κ1) is 37.5. The van der Waals surface area contributed by atoms with Crippen LogP contribution in [-0.2, 0) is 46.2 Å². The molecule has 0 bridgehead atoms. The minimum atomic E-state index is -3.62. The molecule has 12 nitrogen and oxygen atoms in total. The van der Waals surface area contributed by atoms with Crippen LogP contribution in [-0.4, -0.2) is 82.7 Å². The lowest BCUT2D eigenvalue weighted by atomic mass is 10.1. The number of methoxy groups -OCH3 is 1. The average molecular weight is 762 g/mol. The van der Waals surface area contributed by atoms with Crippen LogP contribution < -0.4 is 4.74 Å². The van der Waals surface area contributed by atoms with Crippen molar-refractivity contribution in [1.82, 2.24) is 32.6 Å². The highest BCUT2D eigenvalue weighted by Gasteiger charge is 2.30. The number of para-hydroxylation sites is 1. The monoisotopic (exact) mass is 761 g/mol. The fraction of sp³-hybridized carbons (Fsp3) is 0.487. The van der Waals surface area contributed by atoms with Gasteiger partial charge < -0.3 is 13.9 Å².